The Morgan fingerprint density at radius 3 is 1.84 bits per heavy atom. The van der Waals surface area contributed by atoms with Crippen LogP contribution < -0.4 is 5.73 Å². The van der Waals surface area contributed by atoms with Crippen LogP contribution >= 0.6 is 0 Å². The smallest absolute Gasteiger partial charge is 0.195 e. The summed E-state index contributed by atoms with van der Waals surface area (Å²) in [5.74, 6) is -0.0383. The number of ketones is 1. The van der Waals surface area contributed by atoms with Gasteiger partial charge in [-0.1, -0.05) is 54.6 Å². The Morgan fingerprint density at radius 2 is 1.20 bits per heavy atom. The van der Waals surface area contributed by atoms with E-state index in [0.29, 0.717) is 16.8 Å². The highest BCUT2D eigenvalue weighted by Crippen LogP contribution is 2.35. The first-order valence-corrected chi connectivity index (χ1v) is 8.29. The van der Waals surface area contributed by atoms with Crippen molar-refractivity contribution >= 4 is 43.8 Å². The van der Waals surface area contributed by atoms with Crippen LogP contribution in [0.2, 0.25) is 0 Å². The van der Waals surface area contributed by atoms with Gasteiger partial charge in [0.25, 0.3) is 0 Å². The number of hydrogen-bond acceptors (Lipinski definition) is 2. The first-order chi connectivity index (χ1) is 12.2. The Kier molecular flexibility index (Phi) is 2.83. The Labute approximate surface area is 144 Å². The van der Waals surface area contributed by atoms with Gasteiger partial charge in [-0.2, -0.15) is 0 Å². The van der Waals surface area contributed by atoms with E-state index in [1.807, 2.05) is 24.3 Å². The third-order valence-electron chi connectivity index (χ3n) is 4.93. The number of para-hydroxylation sites is 1. The largest absolute Gasteiger partial charge is 0.398 e. The van der Waals surface area contributed by atoms with Crippen LogP contribution in [0.5, 0.6) is 0 Å². The molecule has 118 valence electrons. The summed E-state index contributed by atoms with van der Waals surface area (Å²) < 4.78 is 0. The minimum Gasteiger partial charge on any atom is -0.398 e. The molecule has 5 aromatic carbocycles. The molecule has 0 bridgehead atoms. The van der Waals surface area contributed by atoms with Crippen molar-refractivity contribution in [3.8, 4) is 0 Å². The highest BCUT2D eigenvalue weighted by molar-refractivity contribution is 6.25. The zero-order valence-corrected chi connectivity index (χ0v) is 13.5. The minimum atomic E-state index is -0.0383. The molecule has 2 N–H and O–H groups in total. The van der Waals surface area contributed by atoms with Gasteiger partial charge in [-0.15, -0.1) is 0 Å². The average Bonchev–Trinajstić information content (AvgIpc) is 2.66. The topological polar surface area (TPSA) is 43.1 Å². The summed E-state index contributed by atoms with van der Waals surface area (Å²) in [6.07, 6.45) is 0. The number of rotatable bonds is 2. The molecule has 0 saturated carbocycles. The van der Waals surface area contributed by atoms with Crippen molar-refractivity contribution in [1.82, 2.24) is 0 Å². The molecule has 0 amide bonds. The van der Waals surface area contributed by atoms with Crippen molar-refractivity contribution in [3.63, 3.8) is 0 Å². The normalized spacial score (nSPS) is 11.5. The molecular formula is C23H15NO. The molecule has 0 saturated heterocycles. The van der Waals surface area contributed by atoms with Crippen LogP contribution in [0.4, 0.5) is 5.69 Å². The summed E-state index contributed by atoms with van der Waals surface area (Å²) in [6, 6.07) is 25.9. The van der Waals surface area contributed by atoms with Crippen LogP contribution in [-0.4, -0.2) is 5.78 Å². The molecule has 0 spiro atoms. The van der Waals surface area contributed by atoms with E-state index in [-0.39, 0.29) is 5.78 Å². The summed E-state index contributed by atoms with van der Waals surface area (Å²) in [6.45, 7) is 0. The fourth-order valence-electron chi connectivity index (χ4n) is 3.74. The van der Waals surface area contributed by atoms with E-state index in [1.54, 1.807) is 12.1 Å². The first kappa shape index (κ1) is 14.0. The van der Waals surface area contributed by atoms with E-state index in [4.69, 9.17) is 5.73 Å². The van der Waals surface area contributed by atoms with Gasteiger partial charge in [0.15, 0.2) is 5.78 Å². The number of benzene rings is 5. The maximum absolute atomic E-state index is 13.0. The van der Waals surface area contributed by atoms with Crippen LogP contribution in [0.1, 0.15) is 15.9 Å². The van der Waals surface area contributed by atoms with Crippen LogP contribution in [-0.2, 0) is 0 Å². The van der Waals surface area contributed by atoms with Crippen molar-refractivity contribution in [2.75, 3.05) is 5.73 Å². The zero-order valence-electron chi connectivity index (χ0n) is 13.5. The molecule has 0 aromatic heterocycles. The summed E-state index contributed by atoms with van der Waals surface area (Å²) in [5.41, 5.74) is 7.72. The average molecular weight is 321 g/mol. The standard InChI is InChI=1S/C23H15NO/c24-20-7-2-1-6-19(20)23(25)18-12-16-10-8-14-4-3-5-15-9-11-17(13-18)22(16)21(14)15/h1-13H,24H2. The predicted molar refractivity (Wildman–Crippen MR) is 104 cm³/mol. The fourth-order valence-corrected chi connectivity index (χ4v) is 3.74. The van der Waals surface area contributed by atoms with Crippen LogP contribution in [0.15, 0.2) is 78.9 Å². The lowest BCUT2D eigenvalue weighted by Gasteiger charge is -2.12. The van der Waals surface area contributed by atoms with Gasteiger partial charge in [0.05, 0.1) is 0 Å². The fraction of sp³-hybridized carbons (Fsp3) is 0. The van der Waals surface area contributed by atoms with Gasteiger partial charge in [0.1, 0.15) is 0 Å². The Bertz CT molecular complexity index is 1210. The number of carbonyl (C=O) groups is 1. The highest BCUT2D eigenvalue weighted by atomic mass is 16.1. The van der Waals surface area contributed by atoms with Crippen molar-refractivity contribution in [2.24, 2.45) is 0 Å². The molecule has 25 heavy (non-hydrogen) atoms. The maximum atomic E-state index is 13.0. The molecule has 5 aromatic rings. The summed E-state index contributed by atoms with van der Waals surface area (Å²) in [4.78, 5) is 13.0. The number of nitrogen functional groups attached to an aromatic ring is 1. The quantitative estimate of drug-likeness (QED) is 0.269. The van der Waals surface area contributed by atoms with E-state index in [2.05, 4.69) is 42.5 Å². The Hall–Kier alpha value is -3.39. The summed E-state index contributed by atoms with van der Waals surface area (Å²) in [7, 11) is 0. The number of anilines is 1. The molecule has 0 atom stereocenters. The van der Waals surface area contributed by atoms with Crippen LogP contribution in [0, 0.1) is 0 Å². The Balaban J connectivity index is 1.81. The predicted octanol–water partition coefficient (Wildman–Crippen LogP) is 5.40. The lowest BCUT2D eigenvalue weighted by atomic mass is 9.91. The monoisotopic (exact) mass is 321 g/mol. The molecule has 2 nitrogen and oxygen atoms in total. The van der Waals surface area contributed by atoms with Crippen LogP contribution in [0.25, 0.3) is 32.3 Å². The molecule has 0 heterocycles. The molecule has 2 heteroatoms. The second-order valence-electron chi connectivity index (χ2n) is 6.42. The third-order valence-corrected chi connectivity index (χ3v) is 4.93. The number of carbonyl (C=O) groups excluding carboxylic acids is 1. The van der Waals surface area contributed by atoms with Crippen molar-refractivity contribution < 1.29 is 4.79 Å². The molecule has 0 unspecified atom stereocenters. The van der Waals surface area contributed by atoms with E-state index in [0.717, 1.165) is 10.8 Å². The molecular weight excluding hydrogens is 306 g/mol. The van der Waals surface area contributed by atoms with Crippen molar-refractivity contribution in [1.29, 1.82) is 0 Å². The van der Waals surface area contributed by atoms with E-state index < -0.39 is 0 Å². The number of hydrogen-bond donors (Lipinski definition) is 1. The van der Waals surface area contributed by atoms with Gasteiger partial charge in [-0.05, 0) is 56.6 Å². The Morgan fingerprint density at radius 1 is 0.640 bits per heavy atom. The van der Waals surface area contributed by atoms with E-state index >= 15 is 0 Å². The van der Waals surface area contributed by atoms with Gasteiger partial charge in [-0.3, -0.25) is 4.79 Å². The maximum Gasteiger partial charge on any atom is 0.195 e. The van der Waals surface area contributed by atoms with Gasteiger partial charge < -0.3 is 5.73 Å². The molecule has 0 fully saturated rings. The lowest BCUT2D eigenvalue weighted by molar-refractivity contribution is 0.104. The SMILES string of the molecule is Nc1ccccc1C(=O)c1cc2ccc3cccc4ccc(c1)c2c34. The second kappa shape index (κ2) is 5.05. The molecule has 0 aliphatic heterocycles. The highest BCUT2D eigenvalue weighted by Gasteiger charge is 2.15. The van der Waals surface area contributed by atoms with Gasteiger partial charge >= 0.3 is 0 Å². The second-order valence-corrected chi connectivity index (χ2v) is 6.42. The lowest BCUT2D eigenvalue weighted by Crippen LogP contribution is -2.05. The van der Waals surface area contributed by atoms with Gasteiger partial charge in [0.2, 0.25) is 0 Å². The summed E-state index contributed by atoms with van der Waals surface area (Å²) >= 11 is 0. The van der Waals surface area contributed by atoms with Gasteiger partial charge in [0, 0.05) is 16.8 Å². The van der Waals surface area contributed by atoms with Crippen molar-refractivity contribution in [2.45, 2.75) is 0 Å². The molecule has 0 radical (unpaired) electrons. The van der Waals surface area contributed by atoms with Gasteiger partial charge in [-0.25, -0.2) is 0 Å². The summed E-state index contributed by atoms with van der Waals surface area (Å²) in [5, 5.41) is 7.09. The molecule has 0 aliphatic rings. The molecule has 5 rings (SSSR count). The minimum absolute atomic E-state index is 0.0383. The first-order valence-electron chi connectivity index (χ1n) is 8.29. The van der Waals surface area contributed by atoms with E-state index in [9.17, 15) is 4.79 Å². The van der Waals surface area contributed by atoms with Crippen molar-refractivity contribution in [3.05, 3.63) is 90.0 Å². The van der Waals surface area contributed by atoms with E-state index in [1.165, 1.54) is 21.5 Å². The zero-order chi connectivity index (χ0) is 17.0. The third kappa shape index (κ3) is 2.01. The number of nitrogens with two attached hydrogens (primary N) is 1. The molecule has 0 aliphatic carbocycles. The van der Waals surface area contributed by atoms with Crippen LogP contribution in [0.3, 0.4) is 0 Å².